The molecule has 0 aliphatic carbocycles. The summed E-state index contributed by atoms with van der Waals surface area (Å²) in [6.45, 7) is 1.92. The molecule has 3 nitrogen and oxygen atoms in total. The Morgan fingerprint density at radius 2 is 2.00 bits per heavy atom. The molecule has 0 unspecified atom stereocenters. The first-order valence-electron chi connectivity index (χ1n) is 4.29. The van der Waals surface area contributed by atoms with Gasteiger partial charge < -0.3 is 9.94 Å². The highest BCUT2D eigenvalue weighted by atomic mass is 16.5. The molecule has 0 aliphatic heterocycles. The van der Waals surface area contributed by atoms with Gasteiger partial charge in [-0.05, 0) is 31.0 Å². The second-order valence-electron chi connectivity index (χ2n) is 3.08. The second kappa shape index (κ2) is 4.84. The SMILES string of the molecule is COc1ccc(C[C@H](C)NO)cc1. The fourth-order valence-corrected chi connectivity index (χ4v) is 1.16. The molecule has 1 aromatic carbocycles. The third kappa shape index (κ3) is 3.05. The zero-order valence-corrected chi connectivity index (χ0v) is 7.95. The Bertz CT molecular complexity index is 246. The first kappa shape index (κ1) is 10.0. The van der Waals surface area contributed by atoms with Crippen LogP contribution in [0, 0.1) is 0 Å². The molecule has 1 aromatic rings. The molecule has 72 valence electrons. The van der Waals surface area contributed by atoms with Crippen molar-refractivity contribution in [1.82, 2.24) is 5.48 Å². The lowest BCUT2D eigenvalue weighted by molar-refractivity contribution is 0.133. The fraction of sp³-hybridized carbons (Fsp3) is 0.400. The minimum atomic E-state index is 0.0772. The first-order valence-corrected chi connectivity index (χ1v) is 4.29. The lowest BCUT2D eigenvalue weighted by atomic mass is 10.1. The Morgan fingerprint density at radius 3 is 2.46 bits per heavy atom. The maximum absolute atomic E-state index is 8.62. The minimum absolute atomic E-state index is 0.0772. The quantitative estimate of drug-likeness (QED) is 0.693. The molecule has 2 N–H and O–H groups in total. The number of nitrogens with one attached hydrogen (secondary N) is 1. The van der Waals surface area contributed by atoms with Crippen LogP contribution in [0.3, 0.4) is 0 Å². The van der Waals surface area contributed by atoms with Gasteiger partial charge in [0.2, 0.25) is 0 Å². The van der Waals surface area contributed by atoms with Crippen molar-refractivity contribution >= 4 is 0 Å². The number of ether oxygens (including phenoxy) is 1. The summed E-state index contributed by atoms with van der Waals surface area (Å²) >= 11 is 0. The van der Waals surface area contributed by atoms with Gasteiger partial charge in [0.25, 0.3) is 0 Å². The van der Waals surface area contributed by atoms with Gasteiger partial charge in [-0.2, -0.15) is 0 Å². The average Bonchev–Trinajstić information content (AvgIpc) is 2.19. The number of hydroxylamine groups is 1. The molecule has 0 saturated heterocycles. The van der Waals surface area contributed by atoms with Crippen LogP contribution in [0.15, 0.2) is 24.3 Å². The van der Waals surface area contributed by atoms with E-state index >= 15 is 0 Å². The van der Waals surface area contributed by atoms with E-state index in [1.165, 1.54) is 5.56 Å². The Kier molecular flexibility index (Phi) is 3.73. The summed E-state index contributed by atoms with van der Waals surface area (Å²) in [5.74, 6) is 0.855. The number of rotatable bonds is 4. The van der Waals surface area contributed by atoms with E-state index in [2.05, 4.69) is 5.48 Å². The van der Waals surface area contributed by atoms with Gasteiger partial charge >= 0.3 is 0 Å². The summed E-state index contributed by atoms with van der Waals surface area (Å²) in [5.41, 5.74) is 3.39. The summed E-state index contributed by atoms with van der Waals surface area (Å²) in [7, 11) is 1.65. The summed E-state index contributed by atoms with van der Waals surface area (Å²) in [6.07, 6.45) is 0.806. The van der Waals surface area contributed by atoms with Gasteiger partial charge in [-0.25, -0.2) is 5.48 Å². The van der Waals surface area contributed by atoms with E-state index in [-0.39, 0.29) is 6.04 Å². The molecule has 0 heterocycles. The molecule has 0 bridgehead atoms. The lowest BCUT2D eigenvalue weighted by Crippen LogP contribution is -2.24. The van der Waals surface area contributed by atoms with Crippen molar-refractivity contribution in [3.8, 4) is 5.75 Å². The monoisotopic (exact) mass is 181 g/mol. The zero-order chi connectivity index (χ0) is 9.68. The van der Waals surface area contributed by atoms with Gasteiger partial charge in [0.05, 0.1) is 7.11 Å². The van der Waals surface area contributed by atoms with E-state index in [4.69, 9.17) is 9.94 Å². The molecule has 0 fully saturated rings. The highest BCUT2D eigenvalue weighted by Gasteiger charge is 2.00. The largest absolute Gasteiger partial charge is 0.497 e. The molecule has 13 heavy (non-hydrogen) atoms. The Balaban J connectivity index is 2.58. The van der Waals surface area contributed by atoms with Crippen molar-refractivity contribution in [1.29, 1.82) is 0 Å². The molecule has 0 aromatic heterocycles. The van der Waals surface area contributed by atoms with Crippen LogP contribution in [0.1, 0.15) is 12.5 Å². The molecular formula is C10H15NO2. The molecule has 1 atom stereocenters. The summed E-state index contributed by atoms with van der Waals surface area (Å²) in [6, 6.07) is 7.89. The van der Waals surface area contributed by atoms with Crippen LogP contribution < -0.4 is 10.2 Å². The third-order valence-corrected chi connectivity index (χ3v) is 1.92. The average molecular weight is 181 g/mol. The predicted octanol–water partition coefficient (Wildman–Crippen LogP) is 1.60. The van der Waals surface area contributed by atoms with Crippen LogP contribution in [0.5, 0.6) is 5.75 Å². The van der Waals surface area contributed by atoms with Crippen LogP contribution in [0.4, 0.5) is 0 Å². The molecule has 1 rings (SSSR count). The predicted molar refractivity (Wildman–Crippen MR) is 51.1 cm³/mol. The van der Waals surface area contributed by atoms with Crippen LogP contribution in [-0.4, -0.2) is 18.4 Å². The van der Waals surface area contributed by atoms with Gasteiger partial charge in [0, 0.05) is 6.04 Å². The van der Waals surface area contributed by atoms with E-state index in [9.17, 15) is 0 Å². The van der Waals surface area contributed by atoms with Crippen molar-refractivity contribution < 1.29 is 9.94 Å². The van der Waals surface area contributed by atoms with E-state index < -0.39 is 0 Å². The van der Waals surface area contributed by atoms with Gasteiger partial charge in [-0.1, -0.05) is 12.1 Å². The van der Waals surface area contributed by atoms with Crippen LogP contribution in [0.2, 0.25) is 0 Å². The number of hydrogen-bond acceptors (Lipinski definition) is 3. The standard InChI is InChI=1S/C10H15NO2/c1-8(11-12)7-9-3-5-10(13-2)6-4-9/h3-6,8,11-12H,7H2,1-2H3/t8-/m0/s1. The number of hydrogen-bond donors (Lipinski definition) is 2. The topological polar surface area (TPSA) is 41.5 Å². The summed E-state index contributed by atoms with van der Waals surface area (Å²) in [5, 5.41) is 8.62. The summed E-state index contributed by atoms with van der Waals surface area (Å²) in [4.78, 5) is 0. The van der Waals surface area contributed by atoms with Gasteiger partial charge in [0.15, 0.2) is 0 Å². The zero-order valence-electron chi connectivity index (χ0n) is 7.95. The molecular weight excluding hydrogens is 166 g/mol. The van der Waals surface area contributed by atoms with Crippen molar-refractivity contribution in [3.05, 3.63) is 29.8 Å². The van der Waals surface area contributed by atoms with E-state index in [1.54, 1.807) is 7.11 Å². The van der Waals surface area contributed by atoms with E-state index in [0.717, 1.165) is 12.2 Å². The highest BCUT2D eigenvalue weighted by molar-refractivity contribution is 5.27. The van der Waals surface area contributed by atoms with E-state index in [1.807, 2.05) is 31.2 Å². The highest BCUT2D eigenvalue weighted by Crippen LogP contribution is 2.12. The minimum Gasteiger partial charge on any atom is -0.497 e. The smallest absolute Gasteiger partial charge is 0.118 e. The van der Waals surface area contributed by atoms with Crippen molar-refractivity contribution in [3.63, 3.8) is 0 Å². The third-order valence-electron chi connectivity index (χ3n) is 1.92. The Morgan fingerprint density at radius 1 is 1.38 bits per heavy atom. The second-order valence-corrected chi connectivity index (χ2v) is 3.08. The van der Waals surface area contributed by atoms with Gasteiger partial charge in [0.1, 0.15) is 5.75 Å². The Labute approximate surface area is 78.3 Å². The molecule has 0 radical (unpaired) electrons. The van der Waals surface area contributed by atoms with Crippen LogP contribution in [-0.2, 0) is 6.42 Å². The number of benzene rings is 1. The van der Waals surface area contributed by atoms with Crippen LogP contribution in [0.25, 0.3) is 0 Å². The van der Waals surface area contributed by atoms with Crippen LogP contribution >= 0.6 is 0 Å². The fourth-order valence-electron chi connectivity index (χ4n) is 1.16. The van der Waals surface area contributed by atoms with Crippen molar-refractivity contribution in [2.75, 3.05) is 7.11 Å². The first-order chi connectivity index (χ1) is 6.26. The summed E-state index contributed by atoms with van der Waals surface area (Å²) < 4.78 is 5.04. The van der Waals surface area contributed by atoms with Gasteiger partial charge in [-0.15, -0.1) is 0 Å². The molecule has 0 amide bonds. The Hall–Kier alpha value is -1.06. The molecule has 0 spiro atoms. The molecule has 0 saturated carbocycles. The maximum atomic E-state index is 8.62. The van der Waals surface area contributed by atoms with E-state index in [0.29, 0.717) is 0 Å². The molecule has 0 aliphatic rings. The number of methoxy groups -OCH3 is 1. The molecule has 3 heteroatoms. The maximum Gasteiger partial charge on any atom is 0.118 e. The normalized spacial score (nSPS) is 12.5. The van der Waals surface area contributed by atoms with Crippen molar-refractivity contribution in [2.24, 2.45) is 0 Å². The lowest BCUT2D eigenvalue weighted by Gasteiger charge is -2.08. The van der Waals surface area contributed by atoms with Crippen molar-refractivity contribution in [2.45, 2.75) is 19.4 Å². The van der Waals surface area contributed by atoms with Gasteiger partial charge in [-0.3, -0.25) is 0 Å².